The van der Waals surface area contributed by atoms with Gasteiger partial charge in [0.1, 0.15) is 48.0 Å². The number of rotatable bonds is 25. The molecule has 5 atom stereocenters. The van der Waals surface area contributed by atoms with Crippen molar-refractivity contribution in [2.75, 3.05) is 25.2 Å². The highest BCUT2D eigenvalue weighted by atomic mass is 32.2. The monoisotopic (exact) mass is 982 g/mol. The van der Waals surface area contributed by atoms with Crippen molar-refractivity contribution in [3.8, 4) is 11.1 Å². The van der Waals surface area contributed by atoms with Gasteiger partial charge in [-0.2, -0.15) is 11.8 Å². The van der Waals surface area contributed by atoms with Gasteiger partial charge in [-0.05, 0) is 107 Å². The first-order chi connectivity index (χ1) is 32.3. The van der Waals surface area contributed by atoms with Gasteiger partial charge in [0.15, 0.2) is 5.96 Å². The number of aliphatic carboxylic acids is 1. The van der Waals surface area contributed by atoms with Gasteiger partial charge >= 0.3 is 24.0 Å². The average molecular weight is 983 g/mol. The highest BCUT2D eigenvalue weighted by molar-refractivity contribution is 7.98. The number of benzene rings is 2. The molecule has 380 valence electrons. The minimum Gasteiger partial charge on any atom is -0.480 e. The van der Waals surface area contributed by atoms with Crippen molar-refractivity contribution in [3.63, 3.8) is 0 Å². The Morgan fingerprint density at radius 1 is 0.652 bits per heavy atom. The SMILES string of the molecule is CSCC[C@H](NC(=O)OCC1c2ccccc2-c2ccccc21)C(=O)N[C@H](CCC(=O)OC(C)(C)C)C(=O)N[C@H](CCN=C(N)N)C(=O)N[C@H](C(=O)N[C@@H](CCC(=O)OC(C)(C)C)C(=O)O)C(C)C. The number of aliphatic imine (C=N–C) groups is 1. The Morgan fingerprint density at radius 2 is 1.10 bits per heavy atom. The highest BCUT2D eigenvalue weighted by Crippen LogP contribution is 2.44. The van der Waals surface area contributed by atoms with Gasteiger partial charge in [0.05, 0.1) is 0 Å². The lowest BCUT2D eigenvalue weighted by atomic mass is 9.98. The van der Waals surface area contributed by atoms with E-state index >= 15 is 0 Å². The van der Waals surface area contributed by atoms with Crippen molar-refractivity contribution in [2.24, 2.45) is 22.4 Å². The fourth-order valence-corrected chi connectivity index (χ4v) is 7.78. The van der Waals surface area contributed by atoms with E-state index < -0.39 is 95.0 Å². The summed E-state index contributed by atoms with van der Waals surface area (Å²) in [6.07, 6.45) is -0.409. The molecule has 0 unspecified atom stereocenters. The molecule has 1 aliphatic carbocycles. The molecule has 0 saturated carbocycles. The minimum absolute atomic E-state index is 0.0193. The van der Waals surface area contributed by atoms with Crippen LogP contribution in [0.25, 0.3) is 11.1 Å². The zero-order valence-corrected chi connectivity index (χ0v) is 41.8. The number of nitrogens with zero attached hydrogens (tertiary/aromatic N) is 1. The van der Waals surface area contributed by atoms with E-state index in [0.717, 1.165) is 22.3 Å². The minimum atomic E-state index is -1.52. The Morgan fingerprint density at radius 3 is 1.57 bits per heavy atom. The molecule has 21 heteroatoms. The number of hydrogen-bond donors (Lipinski definition) is 8. The molecule has 0 aromatic heterocycles. The molecule has 10 N–H and O–H groups in total. The molecule has 0 aliphatic heterocycles. The van der Waals surface area contributed by atoms with E-state index in [1.807, 2.05) is 54.8 Å². The second-order valence-electron chi connectivity index (χ2n) is 18.9. The largest absolute Gasteiger partial charge is 0.480 e. The maximum atomic E-state index is 14.2. The third-order valence-electron chi connectivity index (χ3n) is 10.5. The van der Waals surface area contributed by atoms with Crippen LogP contribution in [0.2, 0.25) is 0 Å². The lowest BCUT2D eigenvalue weighted by molar-refractivity contribution is -0.156. The van der Waals surface area contributed by atoms with E-state index in [9.17, 15) is 43.5 Å². The molecule has 0 bridgehead atoms. The molecular weight excluding hydrogens is 913 g/mol. The Labute approximate surface area is 407 Å². The topological polar surface area (TPSA) is 309 Å². The Bertz CT molecular complexity index is 2120. The summed E-state index contributed by atoms with van der Waals surface area (Å²) in [5.74, 6) is -7.00. The van der Waals surface area contributed by atoms with Gasteiger partial charge in [0.2, 0.25) is 23.6 Å². The third kappa shape index (κ3) is 19.3. The first kappa shape index (κ1) is 56.9. The smallest absolute Gasteiger partial charge is 0.407 e. The number of alkyl carbamates (subject to hydrolysis) is 1. The number of ether oxygens (including phenoxy) is 3. The molecule has 20 nitrogen and oxygen atoms in total. The number of carbonyl (C=O) groups excluding carboxylic acids is 7. The van der Waals surface area contributed by atoms with E-state index in [4.69, 9.17) is 25.7 Å². The number of fused-ring (bicyclic) bond motifs is 3. The van der Waals surface area contributed by atoms with Crippen LogP contribution in [0.15, 0.2) is 53.5 Å². The maximum absolute atomic E-state index is 14.2. The lowest BCUT2D eigenvalue weighted by Gasteiger charge is -2.28. The number of carboxylic acids is 1. The summed E-state index contributed by atoms with van der Waals surface area (Å²) in [6.45, 7) is 13.0. The van der Waals surface area contributed by atoms with Gasteiger partial charge < -0.3 is 57.4 Å². The number of guanidine groups is 1. The number of amides is 5. The molecule has 3 rings (SSSR count). The van der Waals surface area contributed by atoms with Crippen LogP contribution < -0.4 is 38.1 Å². The van der Waals surface area contributed by atoms with Crippen molar-refractivity contribution in [3.05, 3.63) is 59.7 Å². The molecule has 1 aliphatic rings. The summed E-state index contributed by atoms with van der Waals surface area (Å²) < 4.78 is 16.4. The zero-order valence-electron chi connectivity index (χ0n) is 41.0. The maximum Gasteiger partial charge on any atom is 0.407 e. The van der Waals surface area contributed by atoms with Crippen molar-refractivity contribution in [2.45, 2.75) is 141 Å². The molecule has 0 heterocycles. The van der Waals surface area contributed by atoms with Crippen LogP contribution in [0.3, 0.4) is 0 Å². The lowest BCUT2D eigenvalue weighted by Crippen LogP contribution is -2.60. The highest BCUT2D eigenvalue weighted by Gasteiger charge is 2.35. The number of hydrogen-bond acceptors (Lipinski definition) is 13. The van der Waals surface area contributed by atoms with Crippen molar-refractivity contribution >= 4 is 65.4 Å². The van der Waals surface area contributed by atoms with Gasteiger partial charge in [0.25, 0.3) is 0 Å². The second kappa shape index (κ2) is 26.4. The number of carboxylic acid groups (broad SMARTS) is 1. The quantitative estimate of drug-likeness (QED) is 0.0307. The molecular formula is C48H70N8O12S. The fourth-order valence-electron chi connectivity index (χ4n) is 7.31. The predicted molar refractivity (Wildman–Crippen MR) is 261 cm³/mol. The average Bonchev–Trinajstić information content (AvgIpc) is 3.57. The number of nitrogens with one attached hydrogen (secondary N) is 5. The van der Waals surface area contributed by atoms with E-state index in [1.165, 1.54) is 11.8 Å². The van der Waals surface area contributed by atoms with Crippen molar-refractivity contribution in [1.82, 2.24) is 26.6 Å². The standard InChI is InChI=1S/C48H70N8O12S/c1-27(2)39(43(62)54-36(44(63)64)19-21-38(58)68-48(6,7)8)56-42(61)34(22-24-51-45(49)50)53-40(59)33(18-20-37(57)67-47(3,4)5)52-41(60)35(23-25-69-9)55-46(65)66-26-32-30-16-12-10-14-28(30)29-15-11-13-17-31(29)32/h10-17,27,32-36,39H,18-26H2,1-9H3,(H,52,60)(H,53,59)(H,54,62)(H,55,65)(H,56,61)(H,63,64)(H4,49,50,51)/t33-,34-,35+,36+,39+/m1/s1. The summed E-state index contributed by atoms with van der Waals surface area (Å²) in [4.78, 5) is 111. The summed E-state index contributed by atoms with van der Waals surface area (Å²) in [7, 11) is 0. The number of esters is 2. The first-order valence-electron chi connectivity index (χ1n) is 22.8. The molecule has 2 aromatic carbocycles. The van der Waals surface area contributed by atoms with Crippen LogP contribution in [0.5, 0.6) is 0 Å². The van der Waals surface area contributed by atoms with E-state index in [1.54, 1.807) is 55.4 Å². The number of thioether (sulfide) groups is 1. The summed E-state index contributed by atoms with van der Waals surface area (Å²) >= 11 is 1.42. The van der Waals surface area contributed by atoms with Crippen LogP contribution >= 0.6 is 11.8 Å². The number of carbonyl (C=O) groups is 8. The van der Waals surface area contributed by atoms with E-state index in [-0.39, 0.29) is 63.6 Å². The molecule has 2 aromatic rings. The van der Waals surface area contributed by atoms with Crippen LogP contribution in [0, 0.1) is 5.92 Å². The fraction of sp³-hybridized carbons (Fsp3) is 0.562. The molecule has 0 radical (unpaired) electrons. The van der Waals surface area contributed by atoms with Gasteiger partial charge in [0, 0.05) is 25.3 Å². The number of nitrogens with two attached hydrogens (primary N) is 2. The Kier molecular flexibility index (Phi) is 21.8. The van der Waals surface area contributed by atoms with Crippen LogP contribution in [0.1, 0.15) is 111 Å². The molecule has 0 fully saturated rings. The zero-order chi connectivity index (χ0) is 51.6. The van der Waals surface area contributed by atoms with Crippen LogP contribution in [0.4, 0.5) is 4.79 Å². The molecule has 0 spiro atoms. The van der Waals surface area contributed by atoms with E-state index in [0.29, 0.717) is 5.75 Å². The predicted octanol–water partition coefficient (Wildman–Crippen LogP) is 3.23. The summed E-state index contributed by atoms with van der Waals surface area (Å²) in [5, 5.41) is 22.7. The van der Waals surface area contributed by atoms with E-state index in [2.05, 4.69) is 31.6 Å². The molecule has 69 heavy (non-hydrogen) atoms. The first-order valence-corrected chi connectivity index (χ1v) is 24.2. The van der Waals surface area contributed by atoms with Crippen LogP contribution in [-0.2, 0) is 47.8 Å². The molecule has 5 amide bonds. The third-order valence-corrected chi connectivity index (χ3v) is 11.2. The second-order valence-corrected chi connectivity index (χ2v) is 19.9. The van der Waals surface area contributed by atoms with Gasteiger partial charge in [-0.1, -0.05) is 62.4 Å². The van der Waals surface area contributed by atoms with Crippen LogP contribution in [-0.4, -0.2) is 125 Å². The normalized spacial score (nSPS) is 14.3. The van der Waals surface area contributed by atoms with Gasteiger partial charge in [-0.25, -0.2) is 9.59 Å². The van der Waals surface area contributed by atoms with Crippen molar-refractivity contribution in [1.29, 1.82) is 0 Å². The van der Waals surface area contributed by atoms with Crippen molar-refractivity contribution < 1.29 is 57.7 Å². The Balaban J connectivity index is 1.84. The van der Waals surface area contributed by atoms with Gasteiger partial charge in [-0.15, -0.1) is 0 Å². The molecule has 0 saturated heterocycles. The Hall–Kier alpha value is -6.38. The summed E-state index contributed by atoms with van der Waals surface area (Å²) in [6, 6.07) is 8.66. The van der Waals surface area contributed by atoms with Gasteiger partial charge in [-0.3, -0.25) is 33.8 Å². The summed E-state index contributed by atoms with van der Waals surface area (Å²) in [5.41, 5.74) is 13.5.